The number of rotatable bonds is 6. The molecule has 162 valence electrons. The van der Waals surface area contributed by atoms with Gasteiger partial charge in [0.1, 0.15) is 5.69 Å². The lowest BCUT2D eigenvalue weighted by molar-refractivity contribution is -0.134. The van der Waals surface area contributed by atoms with Crippen LogP contribution < -0.4 is 0 Å². The SMILES string of the molecule is CN(C(=O)COC(=O)c1cc(-c2cccs2)nn1-c1ccccc1)[C@H]1CCS(=O)(=O)C1. The third-order valence-electron chi connectivity index (χ3n) is 5.17. The highest BCUT2D eigenvalue weighted by molar-refractivity contribution is 7.91. The summed E-state index contributed by atoms with van der Waals surface area (Å²) in [6.07, 6.45) is 0.392. The van der Waals surface area contributed by atoms with Crippen LogP contribution in [0.25, 0.3) is 16.3 Å². The van der Waals surface area contributed by atoms with Crippen LogP contribution in [0.5, 0.6) is 0 Å². The number of carbonyl (C=O) groups is 2. The third kappa shape index (κ3) is 4.70. The number of carbonyl (C=O) groups excluding carboxylic acids is 2. The fraction of sp³-hybridized carbons (Fsp3) is 0.286. The first kappa shape index (κ1) is 21.3. The molecule has 1 aromatic carbocycles. The molecule has 4 rings (SSSR count). The monoisotopic (exact) mass is 459 g/mol. The first-order chi connectivity index (χ1) is 14.8. The lowest BCUT2D eigenvalue weighted by atomic mass is 10.2. The van der Waals surface area contributed by atoms with Gasteiger partial charge in [-0.05, 0) is 30.0 Å². The number of thiophene rings is 1. The molecule has 0 unspecified atom stereocenters. The molecule has 0 spiro atoms. The van der Waals surface area contributed by atoms with E-state index in [0.717, 1.165) is 4.88 Å². The van der Waals surface area contributed by atoms with E-state index in [1.807, 2.05) is 47.8 Å². The molecule has 1 aliphatic heterocycles. The largest absolute Gasteiger partial charge is 0.451 e. The topological polar surface area (TPSA) is 98.6 Å². The van der Waals surface area contributed by atoms with E-state index in [0.29, 0.717) is 17.8 Å². The first-order valence-corrected chi connectivity index (χ1v) is 12.4. The number of sulfone groups is 1. The highest BCUT2D eigenvalue weighted by Gasteiger charge is 2.33. The minimum Gasteiger partial charge on any atom is -0.451 e. The molecule has 0 N–H and O–H groups in total. The predicted molar refractivity (Wildman–Crippen MR) is 117 cm³/mol. The van der Waals surface area contributed by atoms with Crippen molar-refractivity contribution < 1.29 is 22.7 Å². The van der Waals surface area contributed by atoms with Crippen LogP contribution in [0.2, 0.25) is 0 Å². The van der Waals surface area contributed by atoms with Gasteiger partial charge in [-0.2, -0.15) is 5.10 Å². The van der Waals surface area contributed by atoms with Gasteiger partial charge in [0.05, 0.1) is 22.1 Å². The lowest BCUT2D eigenvalue weighted by Crippen LogP contribution is -2.40. The van der Waals surface area contributed by atoms with Gasteiger partial charge in [-0.1, -0.05) is 24.3 Å². The van der Waals surface area contributed by atoms with Crippen LogP contribution in [-0.4, -0.2) is 66.2 Å². The molecule has 10 heteroatoms. The fourth-order valence-electron chi connectivity index (χ4n) is 3.42. The minimum absolute atomic E-state index is 0.0614. The molecule has 3 heterocycles. The van der Waals surface area contributed by atoms with Crippen molar-refractivity contribution in [3.05, 3.63) is 59.6 Å². The van der Waals surface area contributed by atoms with E-state index in [4.69, 9.17) is 4.74 Å². The van der Waals surface area contributed by atoms with Gasteiger partial charge in [-0.3, -0.25) is 4.79 Å². The van der Waals surface area contributed by atoms with E-state index >= 15 is 0 Å². The second-order valence-electron chi connectivity index (χ2n) is 7.28. The average Bonchev–Trinajstić information content (AvgIpc) is 3.51. The molecule has 8 nitrogen and oxygen atoms in total. The molecule has 31 heavy (non-hydrogen) atoms. The van der Waals surface area contributed by atoms with Crippen LogP contribution in [0.4, 0.5) is 0 Å². The zero-order valence-corrected chi connectivity index (χ0v) is 18.4. The number of ether oxygens (including phenoxy) is 1. The van der Waals surface area contributed by atoms with E-state index in [-0.39, 0.29) is 17.2 Å². The van der Waals surface area contributed by atoms with Crippen molar-refractivity contribution in [2.24, 2.45) is 0 Å². The summed E-state index contributed by atoms with van der Waals surface area (Å²) in [4.78, 5) is 27.5. The van der Waals surface area contributed by atoms with Crippen LogP contribution in [0.1, 0.15) is 16.9 Å². The van der Waals surface area contributed by atoms with Gasteiger partial charge in [0, 0.05) is 19.2 Å². The third-order valence-corrected chi connectivity index (χ3v) is 7.81. The Balaban J connectivity index is 1.51. The molecule has 0 saturated carbocycles. The van der Waals surface area contributed by atoms with E-state index in [1.54, 1.807) is 6.07 Å². The molecule has 0 aliphatic carbocycles. The van der Waals surface area contributed by atoms with Crippen molar-refractivity contribution in [1.82, 2.24) is 14.7 Å². The molecule has 1 amide bonds. The molecule has 1 aliphatic rings. The first-order valence-electron chi connectivity index (χ1n) is 9.66. The maximum absolute atomic E-state index is 12.8. The summed E-state index contributed by atoms with van der Waals surface area (Å²) in [5.74, 6) is -1.12. The summed E-state index contributed by atoms with van der Waals surface area (Å²) in [5.41, 5.74) is 1.52. The Morgan fingerprint density at radius 3 is 2.65 bits per heavy atom. The second kappa shape index (κ2) is 8.64. The zero-order valence-electron chi connectivity index (χ0n) is 16.8. The molecule has 1 fully saturated rings. The summed E-state index contributed by atoms with van der Waals surface area (Å²) in [6, 6.07) is 14.2. The summed E-state index contributed by atoms with van der Waals surface area (Å²) in [5, 5.41) is 6.47. The van der Waals surface area contributed by atoms with Crippen LogP contribution in [0.3, 0.4) is 0 Å². The van der Waals surface area contributed by atoms with Crippen LogP contribution in [0, 0.1) is 0 Å². The fourth-order valence-corrected chi connectivity index (χ4v) is 5.88. The average molecular weight is 460 g/mol. The second-order valence-corrected chi connectivity index (χ2v) is 10.5. The number of esters is 1. The number of benzene rings is 1. The van der Waals surface area contributed by atoms with E-state index in [9.17, 15) is 18.0 Å². The number of nitrogens with zero attached hydrogens (tertiary/aromatic N) is 3. The summed E-state index contributed by atoms with van der Waals surface area (Å²) in [6.45, 7) is -0.472. The Bertz CT molecular complexity index is 1190. The molecule has 0 bridgehead atoms. The number of amides is 1. The van der Waals surface area contributed by atoms with Crippen molar-refractivity contribution in [3.63, 3.8) is 0 Å². The number of aromatic nitrogens is 2. The highest BCUT2D eigenvalue weighted by Crippen LogP contribution is 2.26. The molecular formula is C21H21N3O5S2. The summed E-state index contributed by atoms with van der Waals surface area (Å²) < 4.78 is 30.1. The van der Waals surface area contributed by atoms with Gasteiger partial charge < -0.3 is 9.64 Å². The number of para-hydroxylation sites is 1. The molecule has 1 saturated heterocycles. The van der Waals surface area contributed by atoms with E-state index < -0.39 is 34.4 Å². The molecule has 0 radical (unpaired) electrons. The Morgan fingerprint density at radius 2 is 2.00 bits per heavy atom. The molecular weight excluding hydrogens is 438 g/mol. The van der Waals surface area contributed by atoms with Gasteiger partial charge in [-0.25, -0.2) is 17.9 Å². The van der Waals surface area contributed by atoms with Gasteiger partial charge in [0.15, 0.2) is 22.1 Å². The minimum atomic E-state index is -3.12. The Labute approximate surface area is 184 Å². The van der Waals surface area contributed by atoms with E-state index in [2.05, 4.69) is 5.10 Å². The Morgan fingerprint density at radius 1 is 1.23 bits per heavy atom. The smallest absolute Gasteiger partial charge is 0.357 e. The van der Waals surface area contributed by atoms with Crippen molar-refractivity contribution in [2.45, 2.75) is 12.5 Å². The van der Waals surface area contributed by atoms with Crippen molar-refractivity contribution in [2.75, 3.05) is 25.2 Å². The van der Waals surface area contributed by atoms with Crippen LogP contribution in [-0.2, 0) is 19.4 Å². The maximum Gasteiger partial charge on any atom is 0.357 e. The standard InChI is InChI=1S/C21H21N3O5S2/c1-23(16-9-11-31(27,28)14-16)20(25)13-29-21(26)18-12-17(19-8-5-10-30-19)22-24(18)15-6-3-2-4-7-15/h2-8,10,12,16H,9,11,13-14H2,1H3/t16-/m0/s1. The van der Waals surface area contributed by atoms with Crippen molar-refractivity contribution in [1.29, 1.82) is 0 Å². The number of hydrogen-bond donors (Lipinski definition) is 0. The molecule has 2 aromatic heterocycles. The summed E-state index contributed by atoms with van der Waals surface area (Å²) in [7, 11) is -1.58. The van der Waals surface area contributed by atoms with Gasteiger partial charge >= 0.3 is 5.97 Å². The van der Waals surface area contributed by atoms with Gasteiger partial charge in [0.2, 0.25) is 0 Å². The quantitative estimate of drug-likeness (QED) is 0.525. The molecule has 1 atom stereocenters. The molecule has 3 aromatic rings. The number of likely N-dealkylation sites (N-methyl/N-ethyl adjacent to an activating group) is 1. The van der Waals surface area contributed by atoms with Crippen molar-refractivity contribution in [3.8, 4) is 16.3 Å². The van der Waals surface area contributed by atoms with Crippen LogP contribution >= 0.6 is 11.3 Å². The Kier molecular flexibility index (Phi) is 5.92. The van der Waals surface area contributed by atoms with Gasteiger partial charge in [0.25, 0.3) is 5.91 Å². The van der Waals surface area contributed by atoms with Gasteiger partial charge in [-0.15, -0.1) is 11.3 Å². The predicted octanol–water partition coefficient (Wildman–Crippen LogP) is 2.40. The van der Waals surface area contributed by atoms with Crippen molar-refractivity contribution >= 4 is 33.1 Å². The number of hydrogen-bond acceptors (Lipinski definition) is 7. The Hall–Kier alpha value is -2.98. The lowest BCUT2D eigenvalue weighted by Gasteiger charge is -2.23. The summed E-state index contributed by atoms with van der Waals surface area (Å²) >= 11 is 1.50. The maximum atomic E-state index is 12.8. The normalized spacial score (nSPS) is 17.4. The van der Waals surface area contributed by atoms with Crippen LogP contribution in [0.15, 0.2) is 53.9 Å². The van der Waals surface area contributed by atoms with E-state index in [1.165, 1.54) is 28.0 Å². The zero-order chi connectivity index (χ0) is 22.0. The highest BCUT2D eigenvalue weighted by atomic mass is 32.2.